The average molecular weight is 393 g/mol. The predicted octanol–water partition coefficient (Wildman–Crippen LogP) is 4.05. The average Bonchev–Trinajstić information content (AvgIpc) is 3.14. The molecule has 1 aliphatic heterocycles. The fourth-order valence-electron chi connectivity index (χ4n) is 3.68. The number of carboxylic acid groups (broad SMARTS) is 1. The second kappa shape index (κ2) is 5.88. The summed E-state index contributed by atoms with van der Waals surface area (Å²) in [4.78, 5) is 13.3. The lowest BCUT2D eigenvalue weighted by Gasteiger charge is -2.45. The predicted molar refractivity (Wildman–Crippen MR) is 94.2 cm³/mol. The van der Waals surface area contributed by atoms with Crippen LogP contribution in [-0.2, 0) is 5.54 Å². The van der Waals surface area contributed by atoms with Crippen molar-refractivity contribution in [2.75, 3.05) is 6.54 Å². The molecule has 1 fully saturated rings. The van der Waals surface area contributed by atoms with Gasteiger partial charge in [-0.15, -0.1) is 5.10 Å². The first-order chi connectivity index (χ1) is 11.3. The van der Waals surface area contributed by atoms with Crippen LogP contribution < -0.4 is 0 Å². The topological polar surface area (TPSA) is 71.2 Å². The summed E-state index contributed by atoms with van der Waals surface area (Å²) in [6.45, 7) is 6.71. The lowest BCUT2D eigenvalue weighted by molar-refractivity contribution is 0.0244. The quantitative estimate of drug-likeness (QED) is 0.836. The normalized spacial score (nSPS) is 21.2. The maximum atomic E-state index is 11.8. The van der Waals surface area contributed by atoms with Gasteiger partial charge < -0.3 is 5.11 Å². The second-order valence-electron chi connectivity index (χ2n) is 7.17. The maximum Gasteiger partial charge on any atom is 0.408 e. The zero-order valence-corrected chi connectivity index (χ0v) is 15.6. The number of rotatable bonds is 2. The Morgan fingerprint density at radius 2 is 1.96 bits per heavy atom. The molecule has 1 N–H and O–H groups in total. The van der Waals surface area contributed by atoms with Crippen LogP contribution in [0.25, 0.3) is 5.69 Å². The Bertz CT molecular complexity index is 751. The van der Waals surface area contributed by atoms with Crippen molar-refractivity contribution in [1.29, 1.82) is 0 Å². The van der Waals surface area contributed by atoms with E-state index in [1.807, 2.05) is 30.5 Å². The van der Waals surface area contributed by atoms with Crippen LogP contribution in [0.4, 0.5) is 4.79 Å². The maximum absolute atomic E-state index is 11.8. The van der Waals surface area contributed by atoms with Gasteiger partial charge in [-0.3, -0.25) is 4.90 Å². The van der Waals surface area contributed by atoms with Crippen molar-refractivity contribution in [3.63, 3.8) is 0 Å². The summed E-state index contributed by atoms with van der Waals surface area (Å²) >= 11 is 3.42. The van der Waals surface area contributed by atoms with Gasteiger partial charge in [-0.2, -0.15) is 0 Å². The van der Waals surface area contributed by atoms with Crippen LogP contribution in [0.5, 0.6) is 0 Å². The van der Waals surface area contributed by atoms with Gasteiger partial charge in [0.25, 0.3) is 0 Å². The first-order valence-corrected chi connectivity index (χ1v) is 8.74. The van der Waals surface area contributed by atoms with E-state index in [9.17, 15) is 9.90 Å². The number of hydrogen-bond acceptors (Lipinski definition) is 3. The van der Waals surface area contributed by atoms with Crippen LogP contribution in [0, 0.1) is 5.41 Å². The summed E-state index contributed by atoms with van der Waals surface area (Å²) in [5.74, 6) is 0. The highest BCUT2D eigenvalue weighted by atomic mass is 79.9. The number of aromatic nitrogens is 3. The molecule has 2 aromatic rings. The number of hydrogen-bond donors (Lipinski definition) is 1. The Labute approximate surface area is 149 Å². The number of amides is 1. The van der Waals surface area contributed by atoms with Crippen molar-refractivity contribution in [2.45, 2.75) is 39.2 Å². The summed E-state index contributed by atoms with van der Waals surface area (Å²) in [7, 11) is 0. The summed E-state index contributed by atoms with van der Waals surface area (Å²) in [5.41, 5.74) is 0.647. The van der Waals surface area contributed by atoms with Crippen molar-refractivity contribution >= 4 is 22.0 Å². The molecular formula is C17H21BrN4O2. The molecule has 7 heteroatoms. The third-order valence-electron chi connectivity index (χ3n) is 4.86. The van der Waals surface area contributed by atoms with E-state index in [0.29, 0.717) is 12.2 Å². The summed E-state index contributed by atoms with van der Waals surface area (Å²) in [6, 6.07) is 7.76. The van der Waals surface area contributed by atoms with Crippen LogP contribution in [0.1, 0.15) is 39.3 Å². The van der Waals surface area contributed by atoms with Crippen molar-refractivity contribution < 1.29 is 9.90 Å². The minimum atomic E-state index is -0.902. The molecule has 0 unspecified atom stereocenters. The molecule has 1 aliphatic rings. The highest BCUT2D eigenvalue weighted by molar-refractivity contribution is 9.10. The van der Waals surface area contributed by atoms with Crippen molar-refractivity contribution in [3.8, 4) is 5.69 Å². The molecule has 6 nitrogen and oxygen atoms in total. The van der Waals surface area contributed by atoms with Crippen molar-refractivity contribution in [2.24, 2.45) is 5.41 Å². The molecule has 0 bridgehead atoms. The Kier molecular flexibility index (Phi) is 4.15. The molecule has 2 heterocycles. The molecule has 0 spiro atoms. The minimum absolute atomic E-state index is 0.289. The molecule has 0 saturated carbocycles. The molecule has 128 valence electrons. The fraction of sp³-hybridized carbons (Fsp3) is 0.471. The fourth-order valence-corrected chi connectivity index (χ4v) is 3.95. The van der Waals surface area contributed by atoms with E-state index in [1.54, 1.807) is 4.68 Å². The molecule has 1 atom stereocenters. The molecule has 1 amide bonds. The number of benzene rings is 1. The van der Waals surface area contributed by atoms with Gasteiger partial charge in [-0.25, -0.2) is 9.48 Å². The van der Waals surface area contributed by atoms with Crippen LogP contribution in [0.3, 0.4) is 0 Å². The lowest BCUT2D eigenvalue weighted by atomic mass is 9.70. The molecule has 24 heavy (non-hydrogen) atoms. The van der Waals surface area contributed by atoms with Gasteiger partial charge in [0.1, 0.15) is 5.69 Å². The van der Waals surface area contributed by atoms with Crippen molar-refractivity contribution in [1.82, 2.24) is 19.9 Å². The minimum Gasteiger partial charge on any atom is -0.465 e. The molecular weight excluding hydrogens is 372 g/mol. The molecule has 0 aliphatic carbocycles. The third kappa shape index (κ3) is 2.60. The zero-order valence-electron chi connectivity index (χ0n) is 14.0. The van der Waals surface area contributed by atoms with Gasteiger partial charge in [0.2, 0.25) is 0 Å². The third-order valence-corrected chi connectivity index (χ3v) is 5.39. The van der Waals surface area contributed by atoms with Crippen LogP contribution in [-0.4, -0.2) is 37.6 Å². The first-order valence-electron chi connectivity index (χ1n) is 7.95. The standard InChI is InChI=1S/C17H21BrN4O2/c1-16(2,3)17(9-4-10-21(17)15(23)24)14-11-22(20-19-14)13-7-5-12(18)6-8-13/h5-8,11H,4,9-10H2,1-3H3,(H,23,24)/t17-/m1/s1. The molecule has 1 aromatic heterocycles. The number of halogens is 1. The summed E-state index contributed by atoms with van der Waals surface area (Å²) in [6.07, 6.45) is 2.53. The van der Waals surface area contributed by atoms with E-state index in [4.69, 9.17) is 0 Å². The van der Waals surface area contributed by atoms with E-state index in [0.717, 1.165) is 23.0 Å². The second-order valence-corrected chi connectivity index (χ2v) is 8.09. The first kappa shape index (κ1) is 17.0. The monoisotopic (exact) mass is 392 g/mol. The smallest absolute Gasteiger partial charge is 0.408 e. The summed E-state index contributed by atoms with van der Waals surface area (Å²) < 4.78 is 2.69. The Morgan fingerprint density at radius 1 is 1.29 bits per heavy atom. The van der Waals surface area contributed by atoms with Gasteiger partial charge in [-0.1, -0.05) is 41.9 Å². The van der Waals surface area contributed by atoms with E-state index in [-0.39, 0.29) is 5.41 Å². The van der Waals surface area contributed by atoms with Gasteiger partial charge in [0, 0.05) is 11.0 Å². The van der Waals surface area contributed by atoms with Crippen molar-refractivity contribution in [3.05, 3.63) is 40.6 Å². The van der Waals surface area contributed by atoms with Gasteiger partial charge in [0.15, 0.2) is 0 Å². The van der Waals surface area contributed by atoms with Crippen LogP contribution in [0.2, 0.25) is 0 Å². The van der Waals surface area contributed by atoms with Gasteiger partial charge >= 0.3 is 6.09 Å². The number of carbonyl (C=O) groups is 1. The highest BCUT2D eigenvalue weighted by Crippen LogP contribution is 2.50. The molecule has 3 rings (SSSR count). The number of nitrogens with zero attached hydrogens (tertiary/aromatic N) is 4. The zero-order chi connectivity index (χ0) is 17.5. The Hall–Kier alpha value is -1.89. The molecule has 1 aromatic carbocycles. The summed E-state index contributed by atoms with van der Waals surface area (Å²) in [5, 5.41) is 18.3. The SMILES string of the molecule is CC(C)(C)[C@]1(c2cn(-c3ccc(Br)cc3)nn2)CCCN1C(=O)O. The lowest BCUT2D eigenvalue weighted by Crippen LogP contribution is -2.53. The highest BCUT2D eigenvalue weighted by Gasteiger charge is 2.54. The Balaban J connectivity index is 2.07. The Morgan fingerprint density at radius 3 is 2.54 bits per heavy atom. The van der Waals surface area contributed by atoms with Gasteiger partial charge in [0.05, 0.1) is 17.4 Å². The van der Waals surface area contributed by atoms with Crippen LogP contribution >= 0.6 is 15.9 Å². The van der Waals surface area contributed by atoms with Gasteiger partial charge in [-0.05, 0) is 42.5 Å². The van der Waals surface area contributed by atoms with E-state index < -0.39 is 11.6 Å². The van der Waals surface area contributed by atoms with E-state index >= 15 is 0 Å². The van der Waals surface area contributed by atoms with Crippen LogP contribution in [0.15, 0.2) is 34.9 Å². The van der Waals surface area contributed by atoms with E-state index in [2.05, 4.69) is 47.0 Å². The van der Waals surface area contributed by atoms with E-state index in [1.165, 1.54) is 4.90 Å². The largest absolute Gasteiger partial charge is 0.465 e. The molecule has 1 saturated heterocycles. The molecule has 0 radical (unpaired) electrons. The number of likely N-dealkylation sites (tertiary alicyclic amines) is 1.